The van der Waals surface area contributed by atoms with E-state index < -0.39 is 28.2 Å². The highest BCUT2D eigenvalue weighted by molar-refractivity contribution is 7.89. The molecule has 1 aliphatic rings. The molecule has 1 heterocycles. The van der Waals surface area contributed by atoms with Crippen LogP contribution >= 0.6 is 0 Å². The molecule has 1 aliphatic heterocycles. The van der Waals surface area contributed by atoms with Gasteiger partial charge in [0.1, 0.15) is 5.82 Å². The van der Waals surface area contributed by atoms with Crippen molar-refractivity contribution < 1.29 is 17.6 Å². The molecule has 1 saturated heterocycles. The highest BCUT2D eigenvalue weighted by Gasteiger charge is 2.23. The van der Waals surface area contributed by atoms with Gasteiger partial charge in [0.15, 0.2) is 5.78 Å². The fraction of sp³-hybridized carbons (Fsp3) is 0.381. The van der Waals surface area contributed by atoms with Gasteiger partial charge in [-0.15, -0.1) is 0 Å². The van der Waals surface area contributed by atoms with Gasteiger partial charge in [0.05, 0.1) is 17.9 Å². The molecule has 0 bridgehead atoms. The van der Waals surface area contributed by atoms with Crippen molar-refractivity contribution in [3.05, 3.63) is 59.4 Å². The average Bonchev–Trinajstić information content (AvgIpc) is 2.69. The number of rotatable bonds is 7. The molecule has 0 aliphatic carbocycles. The molecule has 28 heavy (non-hydrogen) atoms. The van der Waals surface area contributed by atoms with E-state index in [1.807, 2.05) is 30.3 Å². The van der Waals surface area contributed by atoms with Crippen molar-refractivity contribution in [1.82, 2.24) is 10.0 Å². The number of carbonyl (C=O) groups is 1. The standard InChI is InChI=1S/C21H25FN2O3S/c1-15-10-18(17-7-3-2-4-8-17)11-19(21(15)22)20(25)13-24-28(26,27)14-16-6-5-9-23-12-16/h2-4,7-8,10-11,16,23-24H,5-6,9,12-14H2,1H3. The minimum absolute atomic E-state index is 0.0289. The number of carbonyl (C=O) groups excluding carboxylic acids is 1. The van der Waals surface area contributed by atoms with E-state index in [4.69, 9.17) is 0 Å². The van der Waals surface area contributed by atoms with E-state index in [1.165, 1.54) is 6.07 Å². The average molecular weight is 405 g/mol. The van der Waals surface area contributed by atoms with Crippen LogP contribution in [0.5, 0.6) is 0 Å². The Balaban J connectivity index is 1.72. The van der Waals surface area contributed by atoms with Crippen LogP contribution in [0.3, 0.4) is 0 Å². The van der Waals surface area contributed by atoms with Crippen LogP contribution in [0, 0.1) is 18.7 Å². The first-order chi connectivity index (χ1) is 13.4. The van der Waals surface area contributed by atoms with Gasteiger partial charge in [0.2, 0.25) is 10.0 Å². The summed E-state index contributed by atoms with van der Waals surface area (Å²) in [4.78, 5) is 12.6. The molecule has 1 fully saturated rings. The van der Waals surface area contributed by atoms with Gasteiger partial charge >= 0.3 is 0 Å². The first kappa shape index (κ1) is 20.6. The number of piperidine rings is 1. The van der Waals surface area contributed by atoms with Crippen molar-refractivity contribution in [2.75, 3.05) is 25.4 Å². The third kappa shape index (κ3) is 5.25. The lowest BCUT2D eigenvalue weighted by molar-refractivity contribution is 0.0993. The first-order valence-electron chi connectivity index (χ1n) is 9.42. The third-order valence-electron chi connectivity index (χ3n) is 4.97. The number of nitrogens with one attached hydrogen (secondary N) is 2. The fourth-order valence-electron chi connectivity index (χ4n) is 3.48. The summed E-state index contributed by atoms with van der Waals surface area (Å²) >= 11 is 0. The van der Waals surface area contributed by atoms with Crippen molar-refractivity contribution in [2.45, 2.75) is 19.8 Å². The van der Waals surface area contributed by atoms with Gasteiger partial charge < -0.3 is 5.32 Å². The van der Waals surface area contributed by atoms with Gasteiger partial charge in [0.25, 0.3) is 0 Å². The SMILES string of the molecule is Cc1cc(-c2ccccc2)cc(C(=O)CNS(=O)(=O)CC2CCCNC2)c1F. The van der Waals surface area contributed by atoms with Crippen molar-refractivity contribution in [2.24, 2.45) is 5.92 Å². The van der Waals surface area contributed by atoms with Crippen LogP contribution < -0.4 is 10.0 Å². The van der Waals surface area contributed by atoms with Gasteiger partial charge in [-0.05, 0) is 67.6 Å². The van der Waals surface area contributed by atoms with Gasteiger partial charge in [-0.2, -0.15) is 0 Å². The number of hydrogen-bond acceptors (Lipinski definition) is 4. The Morgan fingerprint density at radius 1 is 1.21 bits per heavy atom. The number of aryl methyl sites for hydroxylation is 1. The van der Waals surface area contributed by atoms with Gasteiger partial charge in [-0.25, -0.2) is 17.5 Å². The quantitative estimate of drug-likeness (QED) is 0.696. The van der Waals surface area contributed by atoms with Crippen molar-refractivity contribution in [3.63, 3.8) is 0 Å². The normalized spacial score (nSPS) is 17.4. The van der Waals surface area contributed by atoms with Gasteiger partial charge in [-0.1, -0.05) is 30.3 Å². The number of hydrogen-bond donors (Lipinski definition) is 2. The minimum atomic E-state index is -3.60. The van der Waals surface area contributed by atoms with E-state index >= 15 is 0 Å². The molecule has 0 aromatic heterocycles. The predicted octanol–water partition coefficient (Wildman–Crippen LogP) is 2.90. The van der Waals surface area contributed by atoms with E-state index in [9.17, 15) is 17.6 Å². The molecular weight excluding hydrogens is 379 g/mol. The second-order valence-corrected chi connectivity index (χ2v) is 9.11. The van der Waals surface area contributed by atoms with E-state index in [0.29, 0.717) is 12.1 Å². The first-order valence-corrected chi connectivity index (χ1v) is 11.1. The summed E-state index contributed by atoms with van der Waals surface area (Å²) in [5.74, 6) is -1.19. The van der Waals surface area contributed by atoms with E-state index in [1.54, 1.807) is 13.0 Å². The lowest BCUT2D eigenvalue weighted by Gasteiger charge is -2.22. The molecule has 2 aromatic carbocycles. The molecule has 3 rings (SSSR count). The molecule has 0 spiro atoms. The Hall–Kier alpha value is -2.09. The molecule has 2 N–H and O–H groups in total. The summed E-state index contributed by atoms with van der Waals surface area (Å²) in [6, 6.07) is 12.5. The summed E-state index contributed by atoms with van der Waals surface area (Å²) in [6.45, 7) is 2.70. The van der Waals surface area contributed by atoms with E-state index in [-0.39, 0.29) is 17.2 Å². The molecule has 7 heteroatoms. The second-order valence-electron chi connectivity index (χ2n) is 7.26. The molecular formula is C21H25FN2O3S. The molecule has 0 amide bonds. The molecule has 1 atom stereocenters. The number of ketones is 1. The molecule has 0 saturated carbocycles. The van der Waals surface area contributed by atoms with Crippen molar-refractivity contribution in [3.8, 4) is 11.1 Å². The zero-order valence-electron chi connectivity index (χ0n) is 15.9. The highest BCUT2D eigenvalue weighted by atomic mass is 32.2. The lowest BCUT2D eigenvalue weighted by atomic mass is 9.98. The Bertz CT molecular complexity index is 940. The second kappa shape index (κ2) is 8.94. The van der Waals surface area contributed by atoms with Crippen LogP contribution in [0.25, 0.3) is 11.1 Å². The largest absolute Gasteiger partial charge is 0.316 e. The Morgan fingerprint density at radius 3 is 2.64 bits per heavy atom. The maximum absolute atomic E-state index is 14.5. The summed E-state index contributed by atoms with van der Waals surface area (Å²) in [5.41, 5.74) is 1.84. The molecule has 150 valence electrons. The van der Waals surface area contributed by atoms with Gasteiger partial charge in [-0.3, -0.25) is 4.79 Å². The zero-order valence-corrected chi connectivity index (χ0v) is 16.7. The third-order valence-corrected chi connectivity index (χ3v) is 6.46. The van der Waals surface area contributed by atoms with E-state index in [2.05, 4.69) is 10.0 Å². The van der Waals surface area contributed by atoms with Crippen LogP contribution in [0.4, 0.5) is 4.39 Å². The Labute approximate surface area is 165 Å². The number of sulfonamides is 1. The van der Waals surface area contributed by atoms with Crippen molar-refractivity contribution in [1.29, 1.82) is 0 Å². The Morgan fingerprint density at radius 2 is 1.96 bits per heavy atom. The number of halogens is 1. The smallest absolute Gasteiger partial charge is 0.212 e. The van der Waals surface area contributed by atoms with Crippen LogP contribution in [0.1, 0.15) is 28.8 Å². The van der Waals surface area contributed by atoms with Crippen LogP contribution in [0.15, 0.2) is 42.5 Å². The Kier molecular flexibility index (Phi) is 6.59. The van der Waals surface area contributed by atoms with Crippen LogP contribution in [-0.4, -0.2) is 39.6 Å². The molecule has 0 radical (unpaired) electrons. The molecule has 2 aromatic rings. The lowest BCUT2D eigenvalue weighted by Crippen LogP contribution is -2.39. The fourth-order valence-corrected chi connectivity index (χ4v) is 4.85. The highest BCUT2D eigenvalue weighted by Crippen LogP contribution is 2.25. The summed E-state index contributed by atoms with van der Waals surface area (Å²) in [7, 11) is -3.60. The molecule has 5 nitrogen and oxygen atoms in total. The van der Waals surface area contributed by atoms with E-state index in [0.717, 1.165) is 30.5 Å². The monoisotopic (exact) mass is 404 g/mol. The van der Waals surface area contributed by atoms with Crippen LogP contribution in [0.2, 0.25) is 0 Å². The molecule has 1 unspecified atom stereocenters. The van der Waals surface area contributed by atoms with Gasteiger partial charge in [0, 0.05) is 0 Å². The summed E-state index contributed by atoms with van der Waals surface area (Å²) < 4.78 is 41.5. The van der Waals surface area contributed by atoms with Crippen LogP contribution in [-0.2, 0) is 10.0 Å². The summed E-state index contributed by atoms with van der Waals surface area (Å²) in [6.07, 6.45) is 1.78. The van der Waals surface area contributed by atoms with Crippen molar-refractivity contribution >= 4 is 15.8 Å². The minimum Gasteiger partial charge on any atom is -0.316 e. The maximum atomic E-state index is 14.5. The zero-order chi connectivity index (χ0) is 20.1. The number of Topliss-reactive ketones (excluding diaryl/α,β-unsaturated/α-hetero) is 1. The summed E-state index contributed by atoms with van der Waals surface area (Å²) in [5, 5.41) is 3.17. The topological polar surface area (TPSA) is 75.3 Å². The number of benzene rings is 2. The predicted molar refractivity (Wildman–Crippen MR) is 108 cm³/mol. The maximum Gasteiger partial charge on any atom is 0.212 e.